The average Bonchev–Trinajstić information content (AvgIpc) is 3.36. The number of halogens is 1. The summed E-state index contributed by atoms with van der Waals surface area (Å²) in [6.45, 7) is 10.9. The van der Waals surface area contributed by atoms with Gasteiger partial charge in [-0.05, 0) is 43.4 Å². The summed E-state index contributed by atoms with van der Waals surface area (Å²) in [5, 5.41) is 12.3. The number of hydrogen-bond acceptors (Lipinski definition) is 11. The molecule has 0 spiro atoms. The van der Waals surface area contributed by atoms with Gasteiger partial charge in [0.1, 0.15) is 31.5 Å². The van der Waals surface area contributed by atoms with E-state index in [1.165, 1.54) is 26.8 Å². The quantitative estimate of drug-likeness (QED) is 0.203. The van der Waals surface area contributed by atoms with E-state index in [1.54, 1.807) is 6.92 Å². The minimum atomic E-state index is -1.71. The van der Waals surface area contributed by atoms with Crippen molar-refractivity contribution in [3.05, 3.63) is 11.6 Å². The minimum Gasteiger partial charge on any atom is -0.465 e. The number of ether oxygens (including phenoxy) is 5. The van der Waals surface area contributed by atoms with Crippen molar-refractivity contribution in [1.82, 2.24) is 0 Å². The molecule has 1 aliphatic heterocycles. The summed E-state index contributed by atoms with van der Waals surface area (Å²) in [5.41, 5.74) is -3.64. The van der Waals surface area contributed by atoms with Gasteiger partial charge in [-0.25, -0.2) is 4.79 Å². The van der Waals surface area contributed by atoms with E-state index >= 15 is 0 Å². The summed E-state index contributed by atoms with van der Waals surface area (Å²) in [4.78, 5) is 62.3. The summed E-state index contributed by atoms with van der Waals surface area (Å²) < 4.78 is 28.6. The van der Waals surface area contributed by atoms with Crippen molar-refractivity contribution < 1.29 is 52.8 Å². The third-order valence-electron chi connectivity index (χ3n) is 9.97. The summed E-state index contributed by atoms with van der Waals surface area (Å²) in [7, 11) is 0. The molecule has 43 heavy (non-hydrogen) atoms. The van der Waals surface area contributed by atoms with E-state index in [-0.39, 0.29) is 50.7 Å². The first-order chi connectivity index (χ1) is 20.0. The molecule has 1 N–H and O–H groups in total. The van der Waals surface area contributed by atoms with Gasteiger partial charge in [0.05, 0.1) is 22.8 Å². The van der Waals surface area contributed by atoms with Crippen molar-refractivity contribution in [2.45, 2.75) is 104 Å². The normalized spacial score (nSPS) is 35.0. The van der Waals surface area contributed by atoms with E-state index in [0.717, 1.165) is 0 Å². The van der Waals surface area contributed by atoms with Crippen LogP contribution >= 0.6 is 11.6 Å². The van der Waals surface area contributed by atoms with Crippen LogP contribution < -0.4 is 0 Å². The van der Waals surface area contributed by atoms with Crippen LogP contribution in [-0.2, 0) is 47.7 Å². The lowest BCUT2D eigenvalue weighted by Gasteiger charge is -2.67. The first-order valence-corrected chi connectivity index (χ1v) is 15.4. The van der Waals surface area contributed by atoms with Gasteiger partial charge in [0.2, 0.25) is 0 Å². The topological polar surface area (TPSA) is 152 Å². The largest absolute Gasteiger partial charge is 0.465 e. The molecule has 0 aromatic carbocycles. The lowest BCUT2D eigenvalue weighted by Crippen LogP contribution is -2.74. The van der Waals surface area contributed by atoms with Crippen LogP contribution in [0.5, 0.6) is 0 Å². The molecule has 12 heteroatoms. The van der Waals surface area contributed by atoms with E-state index < -0.39 is 76.4 Å². The van der Waals surface area contributed by atoms with Crippen molar-refractivity contribution >= 4 is 41.4 Å². The van der Waals surface area contributed by atoms with Gasteiger partial charge in [-0.15, -0.1) is 11.6 Å². The average molecular weight is 629 g/mol. The van der Waals surface area contributed by atoms with Gasteiger partial charge in [0.25, 0.3) is 0 Å². The van der Waals surface area contributed by atoms with Gasteiger partial charge >= 0.3 is 29.8 Å². The number of cyclic esters (lactones) is 1. The molecule has 3 rings (SSSR count). The fourth-order valence-corrected chi connectivity index (χ4v) is 7.80. The molecule has 1 heterocycles. The number of alkyl halides is 1. The zero-order chi connectivity index (χ0) is 32.3. The fraction of sp³-hybridized carbons (Fsp3) is 0.774. The van der Waals surface area contributed by atoms with Crippen molar-refractivity contribution in [3.8, 4) is 0 Å². The van der Waals surface area contributed by atoms with Crippen molar-refractivity contribution in [3.63, 3.8) is 0 Å². The molecule has 0 bridgehead atoms. The fourth-order valence-electron chi connectivity index (χ4n) is 7.42. The molecule has 11 nitrogen and oxygen atoms in total. The summed E-state index contributed by atoms with van der Waals surface area (Å²) in [5.74, 6) is -4.50. The number of carbonyl (C=O) groups excluding carboxylic acids is 5. The predicted octanol–water partition coefficient (Wildman–Crippen LogP) is 3.66. The molecule has 0 aromatic heterocycles. The van der Waals surface area contributed by atoms with Crippen LogP contribution in [-0.4, -0.2) is 78.0 Å². The molecule has 0 unspecified atom stereocenters. The lowest BCUT2D eigenvalue weighted by atomic mass is 9.41. The Morgan fingerprint density at radius 3 is 2.30 bits per heavy atom. The number of fused-ring (bicyclic) bond motifs is 1. The van der Waals surface area contributed by atoms with Crippen LogP contribution in [0, 0.1) is 28.6 Å². The Morgan fingerprint density at radius 1 is 1.14 bits per heavy atom. The van der Waals surface area contributed by atoms with Gasteiger partial charge in [-0.2, -0.15) is 0 Å². The third kappa shape index (κ3) is 6.87. The lowest BCUT2D eigenvalue weighted by molar-refractivity contribution is -0.293. The molecule has 0 amide bonds. The highest BCUT2D eigenvalue weighted by Crippen LogP contribution is 2.66. The predicted molar refractivity (Wildman–Crippen MR) is 153 cm³/mol. The van der Waals surface area contributed by atoms with E-state index in [9.17, 15) is 29.1 Å². The van der Waals surface area contributed by atoms with Crippen LogP contribution in [0.3, 0.4) is 0 Å². The Hall–Kier alpha value is -2.66. The molecule has 2 fully saturated rings. The molecule has 0 saturated heterocycles. The van der Waals surface area contributed by atoms with E-state index in [0.29, 0.717) is 12.0 Å². The van der Waals surface area contributed by atoms with Gasteiger partial charge in [0, 0.05) is 38.3 Å². The molecular weight excluding hydrogens is 584 g/mol. The maximum atomic E-state index is 13.1. The van der Waals surface area contributed by atoms with E-state index in [4.69, 9.17) is 35.3 Å². The highest BCUT2D eigenvalue weighted by atomic mass is 35.5. The second-order valence-corrected chi connectivity index (χ2v) is 12.9. The van der Waals surface area contributed by atoms with Crippen LogP contribution in [0.25, 0.3) is 0 Å². The Kier molecular flexibility index (Phi) is 11.0. The molecule has 2 saturated carbocycles. The third-order valence-corrected chi connectivity index (χ3v) is 10.4. The molecule has 0 radical (unpaired) electrons. The molecule has 9 atom stereocenters. The van der Waals surface area contributed by atoms with Gasteiger partial charge in [0.15, 0.2) is 0 Å². The van der Waals surface area contributed by atoms with Crippen LogP contribution in [0.15, 0.2) is 11.6 Å². The summed E-state index contributed by atoms with van der Waals surface area (Å²) in [6.07, 6.45) is -0.0994. The Balaban J connectivity index is 2.27. The second-order valence-electron chi connectivity index (χ2n) is 12.7. The number of rotatable bonds is 11. The number of carbonyl (C=O) groups is 5. The standard InChI is InChI=1S/C31H45ClO11/c1-8-17(2)28(37)43-24(22-12-26(36)39-14-22)13-29(7)18(3)11-25(42-21(6)35)31(16-40-19(4)33)27(29)23(41-20(5)34)9-10-30(31,38)15-32/h12,17-18,23-25,27,38H,8-11,13-16H2,1-7H3/t17-,18+,23+,24-,25-,27+,29-,30-,31-/m0/s1. The Morgan fingerprint density at radius 2 is 1.79 bits per heavy atom. The minimum absolute atomic E-state index is 0.0555. The number of esters is 5. The van der Waals surface area contributed by atoms with E-state index in [2.05, 4.69) is 0 Å². The highest BCUT2D eigenvalue weighted by Gasteiger charge is 2.73. The van der Waals surface area contributed by atoms with Crippen LogP contribution in [0.1, 0.15) is 80.6 Å². The molecule has 242 valence electrons. The first kappa shape index (κ1) is 34.8. The maximum absolute atomic E-state index is 13.1. The van der Waals surface area contributed by atoms with Crippen molar-refractivity contribution in [1.29, 1.82) is 0 Å². The molecule has 3 aliphatic rings. The SMILES string of the molecule is CC[C@H](C)C(=O)O[C@@H](C[C@@]1(C)[C@H](C)C[C@H](OC(C)=O)[C@@]2(COC(C)=O)[C@@H]1[C@H](OC(C)=O)CC[C@]2(O)CCl)C1=CC(=O)OC1. The summed E-state index contributed by atoms with van der Waals surface area (Å²) >= 11 is 6.50. The van der Waals surface area contributed by atoms with Crippen molar-refractivity contribution in [2.24, 2.45) is 28.6 Å². The zero-order valence-corrected chi connectivity index (χ0v) is 26.9. The van der Waals surface area contributed by atoms with E-state index in [1.807, 2.05) is 20.8 Å². The maximum Gasteiger partial charge on any atom is 0.331 e. The molecule has 0 aromatic rings. The summed E-state index contributed by atoms with van der Waals surface area (Å²) in [6, 6.07) is 0. The second kappa shape index (κ2) is 13.5. The molecular formula is C31H45ClO11. The Bertz CT molecular complexity index is 1140. The Labute approximate surface area is 257 Å². The van der Waals surface area contributed by atoms with Crippen LogP contribution in [0.2, 0.25) is 0 Å². The monoisotopic (exact) mass is 628 g/mol. The number of aliphatic hydroxyl groups is 1. The first-order valence-electron chi connectivity index (χ1n) is 14.9. The zero-order valence-electron chi connectivity index (χ0n) is 26.1. The van der Waals surface area contributed by atoms with Crippen LogP contribution in [0.4, 0.5) is 0 Å². The smallest absolute Gasteiger partial charge is 0.331 e. The van der Waals surface area contributed by atoms with Gasteiger partial charge in [-0.1, -0.05) is 27.7 Å². The molecule has 2 aliphatic carbocycles. The van der Waals surface area contributed by atoms with Gasteiger partial charge in [-0.3, -0.25) is 19.2 Å². The van der Waals surface area contributed by atoms with Gasteiger partial charge < -0.3 is 28.8 Å². The highest BCUT2D eigenvalue weighted by molar-refractivity contribution is 6.18. The number of hydrogen-bond donors (Lipinski definition) is 1. The van der Waals surface area contributed by atoms with Crippen molar-refractivity contribution in [2.75, 3.05) is 19.1 Å².